The third-order valence-corrected chi connectivity index (χ3v) is 3.24. The Balaban J connectivity index is 4.50. The lowest BCUT2D eigenvalue weighted by Gasteiger charge is -2.26. The summed E-state index contributed by atoms with van der Waals surface area (Å²) in [5.74, 6) is -1.64. The summed E-state index contributed by atoms with van der Waals surface area (Å²) in [4.78, 5) is 35.8. The van der Waals surface area contributed by atoms with Gasteiger partial charge in [-0.3, -0.25) is 14.9 Å². The topological polar surface area (TPSA) is 86.7 Å². The average Bonchev–Trinajstić information content (AvgIpc) is 2.29. The molecule has 0 heterocycles. The smallest absolute Gasteiger partial charge is 0.324 e. The van der Waals surface area contributed by atoms with E-state index in [1.807, 2.05) is 13.8 Å². The van der Waals surface area contributed by atoms with Crippen LogP contribution in [0.5, 0.6) is 0 Å². The summed E-state index contributed by atoms with van der Waals surface area (Å²) in [6, 6.07) is -0.417. The second-order valence-corrected chi connectivity index (χ2v) is 5.30. The van der Waals surface area contributed by atoms with E-state index in [-0.39, 0.29) is 12.5 Å². The van der Waals surface area contributed by atoms with E-state index in [4.69, 9.17) is 5.11 Å². The Bertz CT molecular complexity index is 349. The average molecular weight is 272 g/mol. The maximum absolute atomic E-state index is 11.8. The van der Waals surface area contributed by atoms with Crippen molar-refractivity contribution in [3.63, 3.8) is 0 Å². The molecule has 3 amide bonds. The summed E-state index contributed by atoms with van der Waals surface area (Å²) >= 11 is 0. The molecule has 0 spiro atoms. The molecular weight excluding hydrogens is 248 g/mol. The number of amides is 3. The number of aliphatic carboxylic acids is 1. The molecule has 0 saturated heterocycles. The number of hydrogen-bond donors (Lipinski definition) is 2. The molecule has 0 aliphatic carbocycles. The van der Waals surface area contributed by atoms with Gasteiger partial charge in [-0.05, 0) is 26.7 Å². The van der Waals surface area contributed by atoms with Crippen LogP contribution in [0.4, 0.5) is 4.79 Å². The van der Waals surface area contributed by atoms with Crippen LogP contribution in [-0.2, 0) is 9.59 Å². The highest BCUT2D eigenvalue weighted by Gasteiger charge is 2.31. The third-order valence-electron chi connectivity index (χ3n) is 3.24. The van der Waals surface area contributed by atoms with E-state index in [1.54, 1.807) is 7.05 Å². The van der Waals surface area contributed by atoms with Crippen molar-refractivity contribution >= 4 is 17.9 Å². The van der Waals surface area contributed by atoms with Crippen LogP contribution in [0.15, 0.2) is 0 Å². The molecule has 0 bridgehead atoms. The minimum atomic E-state index is -1.18. The van der Waals surface area contributed by atoms with Gasteiger partial charge in [0.25, 0.3) is 0 Å². The number of rotatable bonds is 6. The first-order valence-corrected chi connectivity index (χ1v) is 6.45. The van der Waals surface area contributed by atoms with Crippen molar-refractivity contribution in [2.75, 3.05) is 7.05 Å². The van der Waals surface area contributed by atoms with Crippen molar-refractivity contribution in [1.29, 1.82) is 0 Å². The van der Waals surface area contributed by atoms with E-state index < -0.39 is 23.3 Å². The molecule has 0 unspecified atom stereocenters. The highest BCUT2D eigenvalue weighted by atomic mass is 16.4. The van der Waals surface area contributed by atoms with Gasteiger partial charge in [0.05, 0.1) is 5.41 Å². The minimum absolute atomic E-state index is 0.0697. The number of carbonyl (C=O) groups is 3. The quantitative estimate of drug-likeness (QED) is 0.772. The van der Waals surface area contributed by atoms with Gasteiger partial charge in [-0.2, -0.15) is 0 Å². The van der Waals surface area contributed by atoms with E-state index in [1.165, 1.54) is 18.7 Å². The number of urea groups is 1. The Hall–Kier alpha value is -1.59. The van der Waals surface area contributed by atoms with Crippen molar-refractivity contribution in [2.24, 2.45) is 5.41 Å². The number of imide groups is 1. The first-order chi connectivity index (χ1) is 8.65. The predicted octanol–water partition coefficient (Wildman–Crippen LogP) is 1.84. The SMILES string of the molecule is CCC(CC)N(C)C(=O)NC(=O)CC(C)(C)C(=O)O. The predicted molar refractivity (Wildman–Crippen MR) is 71.7 cm³/mol. The van der Waals surface area contributed by atoms with Crippen molar-refractivity contribution < 1.29 is 19.5 Å². The largest absolute Gasteiger partial charge is 0.481 e. The Morgan fingerprint density at radius 3 is 2.05 bits per heavy atom. The summed E-state index contributed by atoms with van der Waals surface area (Å²) in [5, 5.41) is 11.1. The van der Waals surface area contributed by atoms with E-state index in [2.05, 4.69) is 5.32 Å². The fourth-order valence-electron chi connectivity index (χ4n) is 1.73. The van der Waals surface area contributed by atoms with E-state index in [0.717, 1.165) is 12.8 Å². The van der Waals surface area contributed by atoms with Gasteiger partial charge in [0.2, 0.25) is 5.91 Å². The Morgan fingerprint density at radius 2 is 1.68 bits per heavy atom. The second-order valence-electron chi connectivity index (χ2n) is 5.30. The molecule has 0 aliphatic heterocycles. The lowest BCUT2D eigenvalue weighted by atomic mass is 9.89. The standard InChI is InChI=1S/C13H24N2O4/c1-6-9(7-2)15(5)12(19)14-10(16)8-13(3,4)11(17)18/h9H,6-8H2,1-5H3,(H,17,18)(H,14,16,19). The number of nitrogens with zero attached hydrogens (tertiary/aromatic N) is 1. The lowest BCUT2D eigenvalue weighted by Crippen LogP contribution is -2.46. The number of carbonyl (C=O) groups excluding carboxylic acids is 2. The highest BCUT2D eigenvalue weighted by molar-refractivity contribution is 5.96. The van der Waals surface area contributed by atoms with E-state index in [9.17, 15) is 14.4 Å². The van der Waals surface area contributed by atoms with Gasteiger partial charge in [0.1, 0.15) is 0 Å². The zero-order valence-corrected chi connectivity index (χ0v) is 12.3. The molecule has 0 aliphatic rings. The van der Waals surface area contributed by atoms with Crippen LogP contribution >= 0.6 is 0 Å². The van der Waals surface area contributed by atoms with Gasteiger partial charge in [0, 0.05) is 19.5 Å². The van der Waals surface area contributed by atoms with Crippen LogP contribution in [0, 0.1) is 5.41 Å². The van der Waals surface area contributed by atoms with E-state index in [0.29, 0.717) is 0 Å². The summed E-state index contributed by atoms with van der Waals surface area (Å²) < 4.78 is 0. The maximum atomic E-state index is 11.8. The summed E-state index contributed by atoms with van der Waals surface area (Å²) in [7, 11) is 1.63. The molecule has 0 fully saturated rings. The number of hydrogen-bond acceptors (Lipinski definition) is 3. The molecule has 6 heteroatoms. The first-order valence-electron chi connectivity index (χ1n) is 6.45. The summed E-state index contributed by atoms with van der Waals surface area (Å²) in [6.07, 6.45) is 1.37. The molecule has 19 heavy (non-hydrogen) atoms. The highest BCUT2D eigenvalue weighted by Crippen LogP contribution is 2.20. The van der Waals surface area contributed by atoms with Crippen molar-refractivity contribution in [3.8, 4) is 0 Å². The van der Waals surface area contributed by atoms with Gasteiger partial charge in [0.15, 0.2) is 0 Å². The minimum Gasteiger partial charge on any atom is -0.481 e. The molecule has 2 N–H and O–H groups in total. The lowest BCUT2D eigenvalue weighted by molar-refractivity contribution is -0.149. The monoisotopic (exact) mass is 272 g/mol. The van der Waals surface area contributed by atoms with Gasteiger partial charge < -0.3 is 10.0 Å². The first kappa shape index (κ1) is 17.4. The Kier molecular flexibility index (Phi) is 6.52. The second kappa shape index (κ2) is 7.11. The van der Waals surface area contributed by atoms with Crippen LogP contribution in [0.2, 0.25) is 0 Å². The Morgan fingerprint density at radius 1 is 1.21 bits per heavy atom. The van der Waals surface area contributed by atoms with Gasteiger partial charge in [-0.25, -0.2) is 4.79 Å². The van der Waals surface area contributed by atoms with Crippen LogP contribution in [-0.4, -0.2) is 41.0 Å². The summed E-state index contributed by atoms with van der Waals surface area (Å²) in [6.45, 7) is 6.83. The normalized spacial score (nSPS) is 11.3. The molecular formula is C13H24N2O4. The van der Waals surface area contributed by atoms with Crippen LogP contribution < -0.4 is 5.32 Å². The molecule has 110 valence electrons. The number of carboxylic acids is 1. The van der Waals surface area contributed by atoms with Crippen molar-refractivity contribution in [1.82, 2.24) is 10.2 Å². The Labute approximate surface area is 114 Å². The van der Waals surface area contributed by atoms with Crippen molar-refractivity contribution in [3.05, 3.63) is 0 Å². The van der Waals surface area contributed by atoms with Crippen LogP contribution in [0.1, 0.15) is 47.0 Å². The fraction of sp³-hybridized carbons (Fsp3) is 0.769. The van der Waals surface area contributed by atoms with E-state index >= 15 is 0 Å². The molecule has 6 nitrogen and oxygen atoms in total. The third kappa shape index (κ3) is 5.28. The molecule has 0 saturated carbocycles. The van der Waals surface area contributed by atoms with Gasteiger partial charge in [-0.15, -0.1) is 0 Å². The zero-order chi connectivity index (χ0) is 15.2. The number of nitrogens with one attached hydrogen (secondary N) is 1. The molecule has 0 rings (SSSR count). The van der Waals surface area contributed by atoms with Gasteiger partial charge in [-0.1, -0.05) is 13.8 Å². The van der Waals surface area contributed by atoms with Crippen molar-refractivity contribution in [2.45, 2.75) is 53.0 Å². The molecule has 0 aromatic heterocycles. The molecule has 0 radical (unpaired) electrons. The molecule has 0 aromatic carbocycles. The summed E-state index contributed by atoms with van der Waals surface area (Å²) in [5.41, 5.74) is -1.18. The number of carboxylic acid groups (broad SMARTS) is 1. The maximum Gasteiger partial charge on any atom is 0.324 e. The molecule has 0 atom stereocenters. The van der Waals surface area contributed by atoms with Crippen LogP contribution in [0.3, 0.4) is 0 Å². The zero-order valence-electron chi connectivity index (χ0n) is 12.3. The fourth-order valence-corrected chi connectivity index (χ4v) is 1.73. The molecule has 0 aromatic rings. The van der Waals surface area contributed by atoms with Gasteiger partial charge >= 0.3 is 12.0 Å². The van der Waals surface area contributed by atoms with Crippen LogP contribution in [0.25, 0.3) is 0 Å².